The van der Waals surface area contributed by atoms with Crippen molar-refractivity contribution in [1.82, 2.24) is 4.98 Å². The molecule has 1 heterocycles. The minimum absolute atomic E-state index is 0.0289. The molecular formula is C18H18ClN3O2. The van der Waals surface area contributed by atoms with Crippen molar-refractivity contribution in [1.29, 1.82) is 10.8 Å². The molecule has 3 rings (SSSR count). The molecular weight excluding hydrogens is 326 g/mol. The van der Waals surface area contributed by atoms with Gasteiger partial charge in [-0.25, -0.2) is 0 Å². The molecule has 1 unspecified atom stereocenters. The van der Waals surface area contributed by atoms with E-state index in [1.54, 1.807) is 42.6 Å². The van der Waals surface area contributed by atoms with Crippen LogP contribution in [0.1, 0.15) is 18.5 Å². The van der Waals surface area contributed by atoms with Crippen molar-refractivity contribution in [3.8, 4) is 11.5 Å². The summed E-state index contributed by atoms with van der Waals surface area (Å²) in [4.78, 5) is 4.33. The van der Waals surface area contributed by atoms with Gasteiger partial charge in [0.2, 0.25) is 0 Å². The highest BCUT2D eigenvalue weighted by Crippen LogP contribution is 2.48. The Balaban J connectivity index is 1.83. The lowest BCUT2D eigenvalue weighted by molar-refractivity contribution is -0.00222. The largest absolute Gasteiger partial charge is 0.456 e. The van der Waals surface area contributed by atoms with E-state index >= 15 is 0 Å². The van der Waals surface area contributed by atoms with E-state index in [9.17, 15) is 5.11 Å². The number of hydrogen-bond acceptors (Lipinski definition) is 5. The van der Waals surface area contributed by atoms with E-state index in [0.29, 0.717) is 22.2 Å². The molecule has 1 aromatic heterocycles. The monoisotopic (exact) mass is 343 g/mol. The second-order valence-electron chi connectivity index (χ2n) is 5.89. The van der Waals surface area contributed by atoms with Gasteiger partial charge in [0, 0.05) is 17.5 Å². The molecule has 24 heavy (non-hydrogen) atoms. The van der Waals surface area contributed by atoms with Crippen LogP contribution >= 0.6 is 11.6 Å². The van der Waals surface area contributed by atoms with Crippen molar-refractivity contribution < 1.29 is 9.84 Å². The first-order valence-corrected chi connectivity index (χ1v) is 8.09. The van der Waals surface area contributed by atoms with Crippen molar-refractivity contribution in [2.75, 3.05) is 0 Å². The van der Waals surface area contributed by atoms with Gasteiger partial charge in [0.15, 0.2) is 0 Å². The predicted octanol–water partition coefficient (Wildman–Crippen LogP) is 4.04. The highest BCUT2D eigenvalue weighted by atomic mass is 35.5. The number of rotatable bonds is 7. The van der Waals surface area contributed by atoms with E-state index < -0.39 is 11.5 Å². The maximum Gasteiger partial charge on any atom is 0.145 e. The van der Waals surface area contributed by atoms with Crippen LogP contribution in [0, 0.1) is 22.7 Å². The molecule has 1 aromatic carbocycles. The Kier molecular flexibility index (Phi) is 4.64. The smallest absolute Gasteiger partial charge is 0.145 e. The molecule has 6 heteroatoms. The fraction of sp³-hybridized carbons (Fsp3) is 0.278. The normalized spacial score (nSPS) is 17.6. The van der Waals surface area contributed by atoms with Crippen LogP contribution in [-0.4, -0.2) is 22.5 Å². The molecule has 3 N–H and O–H groups in total. The number of nitrogens with one attached hydrogen (secondary N) is 2. The van der Waals surface area contributed by atoms with Crippen LogP contribution in [0.3, 0.4) is 0 Å². The topological polar surface area (TPSA) is 90.1 Å². The zero-order chi connectivity index (χ0) is 17.2. The van der Waals surface area contributed by atoms with Gasteiger partial charge in [-0.05, 0) is 55.2 Å². The lowest BCUT2D eigenvalue weighted by Crippen LogP contribution is -2.40. The third-order valence-electron chi connectivity index (χ3n) is 4.26. The van der Waals surface area contributed by atoms with Gasteiger partial charge in [-0.15, -0.1) is 0 Å². The van der Waals surface area contributed by atoms with Gasteiger partial charge in [-0.1, -0.05) is 11.6 Å². The third kappa shape index (κ3) is 3.18. The van der Waals surface area contributed by atoms with Gasteiger partial charge in [0.25, 0.3) is 0 Å². The molecule has 0 aliphatic heterocycles. The predicted molar refractivity (Wildman–Crippen MR) is 93.4 cm³/mol. The number of halogens is 1. The molecule has 5 nitrogen and oxygen atoms in total. The molecule has 124 valence electrons. The fourth-order valence-electron chi connectivity index (χ4n) is 2.79. The Morgan fingerprint density at radius 1 is 1.12 bits per heavy atom. The van der Waals surface area contributed by atoms with Gasteiger partial charge in [0.1, 0.15) is 17.1 Å². The minimum Gasteiger partial charge on any atom is -0.456 e. The summed E-state index contributed by atoms with van der Waals surface area (Å²) in [5, 5.41) is 26.7. The Labute approximate surface area is 145 Å². The number of benzene rings is 1. The molecule has 0 spiro atoms. The first kappa shape index (κ1) is 16.6. The van der Waals surface area contributed by atoms with E-state index in [2.05, 4.69) is 4.98 Å². The van der Waals surface area contributed by atoms with E-state index in [-0.39, 0.29) is 5.92 Å². The van der Waals surface area contributed by atoms with Gasteiger partial charge in [-0.2, -0.15) is 0 Å². The van der Waals surface area contributed by atoms with Gasteiger partial charge < -0.3 is 20.7 Å². The molecule has 0 saturated heterocycles. The van der Waals surface area contributed by atoms with Gasteiger partial charge >= 0.3 is 0 Å². The molecule has 1 atom stereocenters. The Hall–Kier alpha value is -2.24. The first-order valence-electron chi connectivity index (χ1n) is 7.71. The van der Waals surface area contributed by atoms with Crippen LogP contribution in [0.15, 0.2) is 42.6 Å². The summed E-state index contributed by atoms with van der Waals surface area (Å²) in [5.74, 6) is 0.533. The second kappa shape index (κ2) is 6.71. The number of aromatic nitrogens is 1. The standard InChI is InChI=1S/C18H18ClN3O2/c19-14-3-5-15(6-4-14)24-16-7-8-17(22-11-16)18(23,12-1-2-12)13(9-20)10-21/h3-13,20-21,23H,1-2H2. The Bertz CT molecular complexity index is 721. The van der Waals surface area contributed by atoms with Crippen molar-refractivity contribution in [3.63, 3.8) is 0 Å². The van der Waals surface area contributed by atoms with Crippen LogP contribution in [0.2, 0.25) is 5.02 Å². The highest BCUT2D eigenvalue weighted by molar-refractivity contribution is 6.30. The average molecular weight is 344 g/mol. The van der Waals surface area contributed by atoms with Crippen molar-refractivity contribution >= 4 is 24.0 Å². The van der Waals surface area contributed by atoms with E-state index in [4.69, 9.17) is 27.2 Å². The summed E-state index contributed by atoms with van der Waals surface area (Å²) < 4.78 is 5.70. The van der Waals surface area contributed by atoms with Gasteiger partial charge in [0.05, 0.1) is 17.8 Å². The second-order valence-corrected chi connectivity index (χ2v) is 6.33. The molecule has 1 saturated carbocycles. The lowest BCUT2D eigenvalue weighted by atomic mass is 9.81. The van der Waals surface area contributed by atoms with Gasteiger partial charge in [-0.3, -0.25) is 4.98 Å². The summed E-state index contributed by atoms with van der Waals surface area (Å²) in [6.07, 6.45) is 5.50. The SMILES string of the molecule is N=CC(C=N)C(O)(c1ccc(Oc2ccc(Cl)cc2)cn1)C1CC1. The average Bonchev–Trinajstić information content (AvgIpc) is 3.44. The zero-order valence-electron chi connectivity index (χ0n) is 12.9. The van der Waals surface area contributed by atoms with Crippen LogP contribution in [0.5, 0.6) is 11.5 Å². The van der Waals surface area contributed by atoms with Crippen LogP contribution in [0.25, 0.3) is 0 Å². The fourth-order valence-corrected chi connectivity index (χ4v) is 2.92. The van der Waals surface area contributed by atoms with Crippen molar-refractivity contribution in [2.45, 2.75) is 18.4 Å². The van der Waals surface area contributed by atoms with E-state index in [1.807, 2.05) is 0 Å². The zero-order valence-corrected chi connectivity index (χ0v) is 13.7. The van der Waals surface area contributed by atoms with E-state index in [0.717, 1.165) is 25.3 Å². The lowest BCUT2D eigenvalue weighted by Gasteiger charge is -2.31. The number of ether oxygens (including phenoxy) is 1. The summed E-state index contributed by atoms with van der Waals surface area (Å²) in [5.41, 5.74) is -0.840. The molecule has 0 bridgehead atoms. The van der Waals surface area contributed by atoms with Crippen molar-refractivity contribution in [2.24, 2.45) is 11.8 Å². The maximum absolute atomic E-state index is 11.1. The maximum atomic E-state index is 11.1. The summed E-state index contributed by atoms with van der Waals surface area (Å²) in [6, 6.07) is 10.4. The molecule has 0 radical (unpaired) electrons. The molecule has 1 fully saturated rings. The minimum atomic E-state index is -1.30. The van der Waals surface area contributed by atoms with Crippen LogP contribution in [0.4, 0.5) is 0 Å². The highest BCUT2D eigenvalue weighted by Gasteiger charge is 2.50. The Morgan fingerprint density at radius 2 is 1.75 bits per heavy atom. The number of pyridine rings is 1. The quantitative estimate of drug-likeness (QED) is 0.663. The number of aliphatic hydroxyl groups is 1. The van der Waals surface area contributed by atoms with Crippen LogP contribution in [-0.2, 0) is 5.60 Å². The number of hydrogen-bond donors (Lipinski definition) is 3. The number of nitrogens with zero attached hydrogens (tertiary/aromatic N) is 1. The Morgan fingerprint density at radius 3 is 2.25 bits per heavy atom. The summed E-state index contributed by atoms with van der Waals surface area (Å²) >= 11 is 5.85. The summed E-state index contributed by atoms with van der Waals surface area (Å²) in [6.45, 7) is 0. The molecule has 0 amide bonds. The molecule has 1 aliphatic rings. The molecule has 1 aliphatic carbocycles. The molecule has 2 aromatic rings. The van der Waals surface area contributed by atoms with Crippen molar-refractivity contribution in [3.05, 3.63) is 53.3 Å². The third-order valence-corrected chi connectivity index (χ3v) is 4.52. The van der Waals surface area contributed by atoms with Crippen LogP contribution < -0.4 is 4.74 Å². The first-order chi connectivity index (χ1) is 11.6. The summed E-state index contributed by atoms with van der Waals surface area (Å²) in [7, 11) is 0. The van der Waals surface area contributed by atoms with E-state index in [1.165, 1.54) is 0 Å².